The summed E-state index contributed by atoms with van der Waals surface area (Å²) in [4.78, 5) is 18.4. The maximum absolute atomic E-state index is 10.6. The first kappa shape index (κ1) is 12.0. The van der Waals surface area contributed by atoms with Crippen LogP contribution < -0.4 is 5.32 Å². The van der Waals surface area contributed by atoms with E-state index < -0.39 is 5.97 Å². The number of hydrogen-bond donors (Lipinski definition) is 2. The molecule has 2 aromatic heterocycles. The van der Waals surface area contributed by atoms with Crippen LogP contribution in [0.1, 0.15) is 16.1 Å². The number of rotatable bonds is 5. The molecule has 0 saturated heterocycles. The summed E-state index contributed by atoms with van der Waals surface area (Å²) in [6, 6.07) is 7.13. The first-order valence-corrected chi connectivity index (χ1v) is 5.58. The van der Waals surface area contributed by atoms with Gasteiger partial charge >= 0.3 is 5.97 Å². The average molecular weight is 243 g/mol. The second-order valence-corrected chi connectivity index (χ2v) is 3.77. The SMILES string of the molecule is O=C(O)c1ccc(NCCc2ccncc2)cn1. The molecule has 2 N–H and O–H groups in total. The predicted molar refractivity (Wildman–Crippen MR) is 67.6 cm³/mol. The Hall–Kier alpha value is -2.43. The smallest absolute Gasteiger partial charge is 0.354 e. The summed E-state index contributed by atoms with van der Waals surface area (Å²) in [7, 11) is 0. The van der Waals surface area contributed by atoms with Crippen molar-refractivity contribution in [3.63, 3.8) is 0 Å². The molecule has 92 valence electrons. The molecule has 5 nitrogen and oxygen atoms in total. The number of nitrogens with zero attached hydrogens (tertiary/aromatic N) is 2. The highest BCUT2D eigenvalue weighted by Crippen LogP contribution is 2.06. The summed E-state index contributed by atoms with van der Waals surface area (Å²) in [5.41, 5.74) is 2.07. The third-order valence-corrected chi connectivity index (χ3v) is 2.47. The molecule has 2 aromatic rings. The molecule has 0 atom stereocenters. The van der Waals surface area contributed by atoms with Crippen molar-refractivity contribution >= 4 is 11.7 Å². The van der Waals surface area contributed by atoms with Gasteiger partial charge < -0.3 is 10.4 Å². The Kier molecular flexibility index (Phi) is 3.86. The normalized spacial score (nSPS) is 10.0. The molecule has 0 bridgehead atoms. The number of hydrogen-bond acceptors (Lipinski definition) is 4. The summed E-state index contributed by atoms with van der Waals surface area (Å²) in [5.74, 6) is -1.02. The second kappa shape index (κ2) is 5.77. The molecule has 0 aliphatic carbocycles. The lowest BCUT2D eigenvalue weighted by Crippen LogP contribution is -2.06. The van der Waals surface area contributed by atoms with Crippen molar-refractivity contribution < 1.29 is 9.90 Å². The van der Waals surface area contributed by atoms with Crippen molar-refractivity contribution in [2.45, 2.75) is 6.42 Å². The van der Waals surface area contributed by atoms with Crippen molar-refractivity contribution in [3.8, 4) is 0 Å². The van der Waals surface area contributed by atoms with Crippen LogP contribution >= 0.6 is 0 Å². The predicted octanol–water partition coefficient (Wildman–Crippen LogP) is 1.83. The molecule has 0 fully saturated rings. The highest BCUT2D eigenvalue weighted by molar-refractivity contribution is 5.85. The largest absolute Gasteiger partial charge is 0.477 e. The van der Waals surface area contributed by atoms with E-state index in [1.54, 1.807) is 18.5 Å². The van der Waals surface area contributed by atoms with Gasteiger partial charge in [0.05, 0.1) is 11.9 Å². The van der Waals surface area contributed by atoms with Gasteiger partial charge in [-0.15, -0.1) is 0 Å². The van der Waals surface area contributed by atoms with Gasteiger partial charge in [-0.05, 0) is 36.2 Å². The second-order valence-electron chi connectivity index (χ2n) is 3.77. The van der Waals surface area contributed by atoms with E-state index in [9.17, 15) is 4.79 Å². The Morgan fingerprint density at radius 2 is 2.00 bits per heavy atom. The third-order valence-electron chi connectivity index (χ3n) is 2.47. The number of carbonyl (C=O) groups is 1. The van der Waals surface area contributed by atoms with Crippen molar-refractivity contribution in [2.75, 3.05) is 11.9 Å². The van der Waals surface area contributed by atoms with Crippen LogP contribution in [0.4, 0.5) is 5.69 Å². The fourth-order valence-electron chi connectivity index (χ4n) is 1.53. The summed E-state index contributed by atoms with van der Waals surface area (Å²) in [6.07, 6.45) is 5.93. The van der Waals surface area contributed by atoms with E-state index in [0.717, 1.165) is 18.7 Å². The molecule has 0 saturated carbocycles. The molecule has 0 aromatic carbocycles. The minimum absolute atomic E-state index is 0.0506. The Bertz CT molecular complexity index is 512. The van der Waals surface area contributed by atoms with Crippen LogP contribution in [0.5, 0.6) is 0 Å². The van der Waals surface area contributed by atoms with Crippen molar-refractivity contribution in [3.05, 3.63) is 54.1 Å². The minimum atomic E-state index is -1.02. The van der Waals surface area contributed by atoms with Gasteiger partial charge in [-0.2, -0.15) is 0 Å². The first-order valence-electron chi connectivity index (χ1n) is 5.58. The molecule has 0 unspecified atom stereocenters. The molecule has 0 aliphatic rings. The third kappa shape index (κ3) is 3.28. The lowest BCUT2D eigenvalue weighted by atomic mass is 10.2. The van der Waals surface area contributed by atoms with Gasteiger partial charge in [-0.3, -0.25) is 4.98 Å². The van der Waals surface area contributed by atoms with Gasteiger partial charge in [0.25, 0.3) is 0 Å². The van der Waals surface area contributed by atoms with Gasteiger partial charge in [0.15, 0.2) is 0 Å². The number of pyridine rings is 2. The van der Waals surface area contributed by atoms with Crippen LogP contribution in [0, 0.1) is 0 Å². The summed E-state index contributed by atoms with van der Waals surface area (Å²) in [6.45, 7) is 0.762. The van der Waals surface area contributed by atoms with Gasteiger partial charge in [-0.25, -0.2) is 9.78 Å². The molecule has 0 radical (unpaired) electrons. The van der Waals surface area contributed by atoms with Crippen LogP contribution in [0.3, 0.4) is 0 Å². The van der Waals surface area contributed by atoms with Crippen LogP contribution in [0.25, 0.3) is 0 Å². The van der Waals surface area contributed by atoms with E-state index in [4.69, 9.17) is 5.11 Å². The lowest BCUT2D eigenvalue weighted by molar-refractivity contribution is 0.0690. The van der Waals surface area contributed by atoms with Gasteiger partial charge in [0.2, 0.25) is 0 Å². The Morgan fingerprint density at radius 3 is 2.61 bits per heavy atom. The molecule has 0 amide bonds. The van der Waals surface area contributed by atoms with E-state index >= 15 is 0 Å². The number of carboxylic acid groups (broad SMARTS) is 1. The van der Waals surface area contributed by atoms with E-state index in [1.807, 2.05) is 12.1 Å². The highest BCUT2D eigenvalue weighted by atomic mass is 16.4. The molecular weight excluding hydrogens is 230 g/mol. The molecule has 2 heterocycles. The summed E-state index contributed by atoms with van der Waals surface area (Å²) in [5, 5.41) is 11.9. The monoisotopic (exact) mass is 243 g/mol. The topological polar surface area (TPSA) is 75.1 Å². The number of aromatic carboxylic acids is 1. The molecule has 5 heteroatoms. The highest BCUT2D eigenvalue weighted by Gasteiger charge is 2.02. The van der Waals surface area contributed by atoms with Crippen molar-refractivity contribution in [1.29, 1.82) is 0 Å². The van der Waals surface area contributed by atoms with Crippen LogP contribution in [-0.2, 0) is 6.42 Å². The number of nitrogens with one attached hydrogen (secondary N) is 1. The summed E-state index contributed by atoms with van der Waals surface area (Å²) >= 11 is 0. The fourth-order valence-corrected chi connectivity index (χ4v) is 1.53. The van der Waals surface area contributed by atoms with Crippen LogP contribution in [0.2, 0.25) is 0 Å². The Morgan fingerprint density at radius 1 is 1.22 bits per heavy atom. The number of aromatic nitrogens is 2. The van der Waals surface area contributed by atoms with E-state index in [1.165, 1.54) is 17.8 Å². The zero-order chi connectivity index (χ0) is 12.8. The maximum Gasteiger partial charge on any atom is 0.354 e. The minimum Gasteiger partial charge on any atom is -0.477 e. The number of carboxylic acids is 1. The van der Waals surface area contributed by atoms with Crippen molar-refractivity contribution in [1.82, 2.24) is 9.97 Å². The molecule has 18 heavy (non-hydrogen) atoms. The first-order chi connectivity index (χ1) is 8.75. The lowest BCUT2D eigenvalue weighted by Gasteiger charge is -2.06. The Balaban J connectivity index is 1.85. The van der Waals surface area contributed by atoms with E-state index in [-0.39, 0.29) is 5.69 Å². The van der Waals surface area contributed by atoms with Crippen molar-refractivity contribution in [2.24, 2.45) is 0 Å². The summed E-state index contributed by atoms with van der Waals surface area (Å²) < 4.78 is 0. The standard InChI is InChI=1S/C13H13N3O2/c17-13(18)12-2-1-11(9-16-12)15-8-5-10-3-6-14-7-4-10/h1-4,6-7,9,15H,5,8H2,(H,17,18). The van der Waals surface area contributed by atoms with E-state index in [2.05, 4.69) is 15.3 Å². The zero-order valence-electron chi connectivity index (χ0n) is 9.71. The molecular formula is C13H13N3O2. The maximum atomic E-state index is 10.6. The molecule has 0 spiro atoms. The quantitative estimate of drug-likeness (QED) is 0.838. The average Bonchev–Trinajstić information content (AvgIpc) is 2.40. The van der Waals surface area contributed by atoms with Gasteiger partial charge in [0, 0.05) is 18.9 Å². The Labute approximate surface area is 105 Å². The van der Waals surface area contributed by atoms with E-state index in [0.29, 0.717) is 0 Å². The van der Waals surface area contributed by atoms with Crippen LogP contribution in [-0.4, -0.2) is 27.6 Å². The van der Waals surface area contributed by atoms with Crippen LogP contribution in [0.15, 0.2) is 42.9 Å². The zero-order valence-corrected chi connectivity index (χ0v) is 9.71. The van der Waals surface area contributed by atoms with Gasteiger partial charge in [0.1, 0.15) is 5.69 Å². The number of anilines is 1. The molecule has 0 aliphatic heterocycles. The fraction of sp³-hybridized carbons (Fsp3) is 0.154. The molecule has 2 rings (SSSR count). The van der Waals surface area contributed by atoms with Gasteiger partial charge in [-0.1, -0.05) is 0 Å².